The predicted molar refractivity (Wildman–Crippen MR) is 173 cm³/mol. The normalized spacial score (nSPS) is 10.7. The summed E-state index contributed by atoms with van der Waals surface area (Å²) in [6.45, 7) is 12.7. The number of aryl methyl sites for hydroxylation is 3. The third-order valence-electron chi connectivity index (χ3n) is 5.98. The second kappa shape index (κ2) is 23.5. The molecule has 0 aliphatic heterocycles. The molecule has 268 valence electrons. The summed E-state index contributed by atoms with van der Waals surface area (Å²) in [5.74, 6) is 0. The Morgan fingerprint density at radius 3 is 1.10 bits per heavy atom. The van der Waals surface area contributed by atoms with Gasteiger partial charge in [0.15, 0.2) is 0 Å². The SMILES string of the molecule is CC#N.Cc1cccc(CN(CCN(Cc2cccc(C)n2)Cc2cccc(C)n2)Cc2ccccc2)n1.F[B-](F)(F)F.F[B-](F)(F)F.[Ni+2]. The Morgan fingerprint density at radius 2 is 0.816 bits per heavy atom. The zero-order chi connectivity index (χ0) is 36.2. The number of aromatic nitrogens is 3. The van der Waals surface area contributed by atoms with Gasteiger partial charge in [-0.15, -0.1) is 0 Å². The Balaban J connectivity index is 0.00000141. The van der Waals surface area contributed by atoms with Gasteiger partial charge in [0.1, 0.15) is 0 Å². The molecule has 0 amide bonds. The van der Waals surface area contributed by atoms with Gasteiger partial charge in [-0.05, 0) is 62.7 Å². The van der Waals surface area contributed by atoms with Gasteiger partial charge in [-0.25, -0.2) is 0 Å². The van der Waals surface area contributed by atoms with E-state index in [1.807, 2.05) is 26.0 Å². The van der Waals surface area contributed by atoms with Crippen LogP contribution in [0.5, 0.6) is 0 Å². The van der Waals surface area contributed by atoms with Crippen molar-refractivity contribution in [3.8, 4) is 6.07 Å². The molecule has 3 heterocycles. The van der Waals surface area contributed by atoms with Gasteiger partial charge in [-0.3, -0.25) is 24.8 Å². The molecule has 0 bridgehead atoms. The molecule has 4 rings (SSSR count). The van der Waals surface area contributed by atoms with E-state index in [0.717, 1.165) is 73.4 Å². The molecule has 0 aliphatic rings. The maximum atomic E-state index is 9.75. The Kier molecular flexibility index (Phi) is 21.6. The first-order valence-corrected chi connectivity index (χ1v) is 14.8. The van der Waals surface area contributed by atoms with Crippen LogP contribution in [0, 0.1) is 32.1 Å². The summed E-state index contributed by atoms with van der Waals surface area (Å²) >= 11 is 0. The maximum Gasteiger partial charge on any atom is 2.00 e. The van der Waals surface area contributed by atoms with Crippen LogP contribution in [0.15, 0.2) is 84.9 Å². The minimum Gasteiger partial charge on any atom is -0.418 e. The molecule has 3 aromatic heterocycles. The molecule has 0 saturated heterocycles. The number of benzene rings is 1. The van der Waals surface area contributed by atoms with Crippen LogP contribution in [0.25, 0.3) is 0 Å². The van der Waals surface area contributed by atoms with Crippen molar-refractivity contribution in [3.05, 3.63) is 125 Å². The number of hydrogen-bond acceptors (Lipinski definition) is 6. The second-order valence-corrected chi connectivity index (χ2v) is 10.4. The fourth-order valence-electron chi connectivity index (χ4n) is 4.30. The number of nitrogens with zero attached hydrogens (tertiary/aromatic N) is 6. The molecule has 0 fully saturated rings. The van der Waals surface area contributed by atoms with E-state index in [4.69, 9.17) is 20.2 Å². The average Bonchev–Trinajstić information content (AvgIpc) is 2.95. The molecule has 17 heteroatoms. The molecule has 0 radical (unpaired) electrons. The van der Waals surface area contributed by atoms with E-state index in [0.29, 0.717) is 0 Å². The second-order valence-electron chi connectivity index (χ2n) is 10.4. The number of hydrogen-bond donors (Lipinski definition) is 0. The van der Waals surface area contributed by atoms with Crippen molar-refractivity contribution >= 4 is 14.5 Å². The predicted octanol–water partition coefficient (Wildman–Crippen LogP) is 8.63. The zero-order valence-corrected chi connectivity index (χ0v) is 28.5. The summed E-state index contributed by atoms with van der Waals surface area (Å²) in [7, 11) is -12.0. The largest absolute Gasteiger partial charge is 2.00 e. The Hall–Kier alpha value is -3.86. The van der Waals surface area contributed by atoms with Crippen LogP contribution in [-0.2, 0) is 42.7 Å². The zero-order valence-electron chi connectivity index (χ0n) is 27.5. The van der Waals surface area contributed by atoms with Gasteiger partial charge in [0, 0.05) is 63.3 Å². The van der Waals surface area contributed by atoms with E-state index in [9.17, 15) is 34.5 Å². The van der Waals surface area contributed by atoms with Gasteiger partial charge in [-0.2, -0.15) is 5.26 Å². The fourth-order valence-corrected chi connectivity index (χ4v) is 4.30. The maximum absolute atomic E-state index is 9.75. The van der Waals surface area contributed by atoms with Crippen molar-refractivity contribution in [1.29, 1.82) is 5.26 Å². The van der Waals surface area contributed by atoms with Gasteiger partial charge in [0.05, 0.1) is 23.2 Å². The first-order valence-electron chi connectivity index (χ1n) is 14.8. The van der Waals surface area contributed by atoms with Crippen LogP contribution < -0.4 is 0 Å². The monoisotopic (exact) mass is 738 g/mol. The summed E-state index contributed by atoms with van der Waals surface area (Å²) in [5.41, 5.74) is 7.75. The van der Waals surface area contributed by atoms with Crippen molar-refractivity contribution < 1.29 is 51.0 Å². The third-order valence-corrected chi connectivity index (χ3v) is 5.98. The van der Waals surface area contributed by atoms with Crippen LogP contribution in [0.1, 0.15) is 46.7 Å². The fraction of sp³-hybridized carbons (Fsp3) is 0.312. The number of rotatable bonds is 11. The van der Waals surface area contributed by atoms with Gasteiger partial charge in [0.25, 0.3) is 0 Å². The first kappa shape index (κ1) is 45.1. The summed E-state index contributed by atoms with van der Waals surface area (Å²) in [4.78, 5) is 19.2. The molecule has 0 unspecified atom stereocenters. The van der Waals surface area contributed by atoms with E-state index in [1.54, 1.807) is 6.07 Å². The van der Waals surface area contributed by atoms with E-state index >= 15 is 0 Å². The number of halogens is 8. The molecule has 6 nitrogen and oxygen atoms in total. The van der Waals surface area contributed by atoms with Gasteiger partial charge >= 0.3 is 31.0 Å². The van der Waals surface area contributed by atoms with E-state index in [-0.39, 0.29) is 16.5 Å². The molecule has 0 aliphatic carbocycles. The molecular weight excluding hydrogens is 701 g/mol. The van der Waals surface area contributed by atoms with E-state index in [2.05, 4.69) is 89.5 Å². The summed E-state index contributed by atoms with van der Waals surface area (Å²) in [6.07, 6.45) is 0. The summed E-state index contributed by atoms with van der Waals surface area (Å²) in [5, 5.41) is 7.32. The molecule has 0 N–H and O–H groups in total. The number of pyridine rings is 3. The molecule has 4 aromatic rings. The van der Waals surface area contributed by atoms with Crippen molar-refractivity contribution in [2.75, 3.05) is 13.1 Å². The smallest absolute Gasteiger partial charge is 0.418 e. The average molecular weight is 739 g/mol. The van der Waals surface area contributed by atoms with Crippen molar-refractivity contribution in [2.24, 2.45) is 0 Å². The van der Waals surface area contributed by atoms with Crippen LogP contribution >= 0.6 is 0 Å². The van der Waals surface area contributed by atoms with Gasteiger partial charge in [-0.1, -0.05) is 48.5 Å². The molecule has 0 saturated carbocycles. The standard InChI is InChI=1S/C30H35N5.C2H3N.2BF4.Ni/c1-24-10-7-15-28(31-24)21-34(20-27-13-5-4-6-14-27)18-19-35(22-29-16-8-11-25(2)32-29)23-30-17-9-12-26(3)33-30;1-2-3;2*2-1(3,4)5;/h4-17H,18-23H2,1-3H3;1H3;;;/q;;2*-1;+2. The Morgan fingerprint density at radius 1 is 0.531 bits per heavy atom. The van der Waals surface area contributed by atoms with Crippen molar-refractivity contribution in [3.63, 3.8) is 0 Å². The quantitative estimate of drug-likeness (QED) is 0.113. The van der Waals surface area contributed by atoms with E-state index in [1.165, 1.54) is 12.5 Å². The Labute approximate surface area is 292 Å². The molecule has 49 heavy (non-hydrogen) atoms. The van der Waals surface area contributed by atoms with E-state index < -0.39 is 14.5 Å². The van der Waals surface area contributed by atoms with Gasteiger partial charge < -0.3 is 34.5 Å². The third kappa shape index (κ3) is 25.8. The van der Waals surface area contributed by atoms with Crippen LogP contribution in [0.3, 0.4) is 0 Å². The van der Waals surface area contributed by atoms with Crippen molar-refractivity contribution in [2.45, 2.75) is 53.9 Å². The van der Waals surface area contributed by atoms with Crippen LogP contribution in [-0.4, -0.2) is 52.4 Å². The van der Waals surface area contributed by atoms with Crippen molar-refractivity contribution in [1.82, 2.24) is 24.8 Å². The summed E-state index contributed by atoms with van der Waals surface area (Å²) < 4.78 is 78.0. The van der Waals surface area contributed by atoms with Crippen LogP contribution in [0.4, 0.5) is 34.5 Å². The molecule has 0 atom stereocenters. The Bertz CT molecular complexity index is 1450. The molecule has 0 spiro atoms. The van der Waals surface area contributed by atoms with Crippen LogP contribution in [0.2, 0.25) is 0 Å². The molecular formula is C32H38B2F8N6Ni. The molecule has 1 aromatic carbocycles. The topological polar surface area (TPSA) is 68.9 Å². The van der Waals surface area contributed by atoms with Gasteiger partial charge in [0.2, 0.25) is 0 Å². The number of nitriles is 1. The minimum atomic E-state index is -6.00. The first-order chi connectivity index (χ1) is 22.4. The summed E-state index contributed by atoms with van der Waals surface area (Å²) in [6, 6.07) is 31.2. The minimum absolute atomic E-state index is 0.